The Hall–Kier alpha value is -2.10. The number of hydrogen-bond acceptors (Lipinski definition) is 5. The first-order valence-electron chi connectivity index (χ1n) is 6.37. The van der Waals surface area contributed by atoms with Gasteiger partial charge in [0.05, 0.1) is 11.5 Å². The Morgan fingerprint density at radius 3 is 2.90 bits per heavy atom. The third-order valence-electron chi connectivity index (χ3n) is 2.89. The molecule has 0 atom stereocenters. The molecule has 6 heteroatoms. The highest BCUT2D eigenvalue weighted by Gasteiger charge is 2.10. The van der Waals surface area contributed by atoms with E-state index in [0.717, 1.165) is 15.3 Å². The Bertz CT molecular complexity index is 862. The minimum absolute atomic E-state index is 0.127. The van der Waals surface area contributed by atoms with Gasteiger partial charge in [-0.05, 0) is 11.6 Å². The number of rotatable bonds is 4. The van der Waals surface area contributed by atoms with Gasteiger partial charge in [0.25, 0.3) is 5.56 Å². The lowest BCUT2D eigenvalue weighted by atomic mass is 10.2. The van der Waals surface area contributed by atoms with Crippen molar-refractivity contribution in [3.8, 4) is 16.5 Å². The van der Waals surface area contributed by atoms with E-state index in [1.54, 1.807) is 0 Å². The second-order valence-electron chi connectivity index (χ2n) is 4.32. The molecule has 0 aliphatic rings. The van der Waals surface area contributed by atoms with Gasteiger partial charge in [0.15, 0.2) is 5.16 Å². The molecule has 0 saturated heterocycles. The normalized spacial score (nSPS) is 10.6. The molecule has 0 bridgehead atoms. The maximum atomic E-state index is 12.1. The average Bonchev–Trinajstić information content (AvgIpc) is 2.93. The number of nitrogens with one attached hydrogen (secondary N) is 1. The molecule has 4 nitrogen and oxygen atoms in total. The summed E-state index contributed by atoms with van der Waals surface area (Å²) in [7, 11) is 0. The second kappa shape index (κ2) is 6.12. The summed E-state index contributed by atoms with van der Waals surface area (Å²) >= 11 is 2.91. The topological polar surface area (TPSA) is 69.5 Å². The van der Waals surface area contributed by atoms with Gasteiger partial charge in [-0.3, -0.25) is 4.79 Å². The van der Waals surface area contributed by atoms with E-state index < -0.39 is 0 Å². The molecule has 0 unspecified atom stereocenters. The lowest BCUT2D eigenvalue weighted by Crippen LogP contribution is -2.07. The summed E-state index contributed by atoms with van der Waals surface area (Å²) in [6, 6.07) is 13.9. The maximum absolute atomic E-state index is 12.1. The smallest absolute Gasteiger partial charge is 0.260 e. The summed E-state index contributed by atoms with van der Waals surface area (Å²) in [5.74, 6) is 0.627. The summed E-state index contributed by atoms with van der Waals surface area (Å²) in [4.78, 5) is 21.1. The fraction of sp³-hybridized carbons (Fsp3) is 0.133. The molecule has 3 aromatic rings. The van der Waals surface area contributed by atoms with Gasteiger partial charge < -0.3 is 4.98 Å². The molecular weight excluding hydrogens is 302 g/mol. The van der Waals surface area contributed by atoms with Crippen LogP contribution in [0.3, 0.4) is 0 Å². The predicted molar refractivity (Wildman–Crippen MR) is 86.6 cm³/mol. The summed E-state index contributed by atoms with van der Waals surface area (Å²) < 4.78 is 0. The van der Waals surface area contributed by atoms with Crippen LogP contribution < -0.4 is 5.56 Å². The van der Waals surface area contributed by atoms with E-state index in [-0.39, 0.29) is 5.56 Å². The Morgan fingerprint density at radius 2 is 2.14 bits per heavy atom. The Kier molecular flexibility index (Phi) is 4.04. The van der Waals surface area contributed by atoms with Crippen molar-refractivity contribution in [3.63, 3.8) is 0 Å². The van der Waals surface area contributed by atoms with Crippen molar-refractivity contribution in [1.82, 2.24) is 9.97 Å². The lowest BCUT2D eigenvalue weighted by molar-refractivity contribution is 0.978. The van der Waals surface area contributed by atoms with E-state index in [9.17, 15) is 4.79 Å². The highest BCUT2D eigenvalue weighted by molar-refractivity contribution is 7.99. The maximum Gasteiger partial charge on any atom is 0.260 e. The first kappa shape index (κ1) is 13.9. The fourth-order valence-corrected chi connectivity index (χ4v) is 3.72. The first-order chi connectivity index (χ1) is 10.3. The minimum Gasteiger partial charge on any atom is -0.301 e. The number of benzene rings is 1. The number of aromatic amines is 1. The highest BCUT2D eigenvalue weighted by Crippen LogP contribution is 2.31. The van der Waals surface area contributed by atoms with E-state index in [4.69, 9.17) is 5.26 Å². The lowest BCUT2D eigenvalue weighted by Gasteiger charge is -1.97. The number of thioether (sulfide) groups is 1. The third-order valence-corrected chi connectivity index (χ3v) is 4.84. The number of nitriles is 1. The predicted octanol–water partition coefficient (Wildman–Crippen LogP) is 3.66. The Morgan fingerprint density at radius 1 is 1.33 bits per heavy atom. The van der Waals surface area contributed by atoms with Crippen molar-refractivity contribution in [2.75, 3.05) is 5.75 Å². The molecule has 0 saturated carbocycles. The molecular formula is C15H11N3OS2. The molecule has 0 spiro atoms. The van der Waals surface area contributed by atoms with Gasteiger partial charge >= 0.3 is 0 Å². The number of hydrogen-bond donors (Lipinski definition) is 1. The zero-order valence-corrected chi connectivity index (χ0v) is 12.6. The molecule has 0 aliphatic heterocycles. The summed E-state index contributed by atoms with van der Waals surface area (Å²) in [6.07, 6.45) is 0.437. The fourth-order valence-electron chi connectivity index (χ4n) is 1.92. The number of aromatic nitrogens is 2. The summed E-state index contributed by atoms with van der Waals surface area (Å²) in [5.41, 5.74) is 0.955. The van der Waals surface area contributed by atoms with Crippen LogP contribution in [0.15, 0.2) is 46.3 Å². The number of H-pyrrole nitrogens is 1. The SMILES string of the molecule is N#CCCSc1nc2sc(-c3ccccc3)cc2c(=O)[nH]1. The van der Waals surface area contributed by atoms with Gasteiger partial charge in [-0.15, -0.1) is 11.3 Å². The standard InChI is InChI=1S/C15H11N3OS2/c16-7-4-8-20-15-17-13(19)11-9-12(21-14(11)18-15)10-5-2-1-3-6-10/h1-3,5-6,9H,4,8H2,(H,17,18,19). The van der Waals surface area contributed by atoms with E-state index in [0.29, 0.717) is 22.7 Å². The van der Waals surface area contributed by atoms with Gasteiger partial charge in [0.1, 0.15) is 4.83 Å². The quantitative estimate of drug-likeness (QED) is 0.453. The van der Waals surface area contributed by atoms with Crippen molar-refractivity contribution < 1.29 is 0 Å². The van der Waals surface area contributed by atoms with Crippen LogP contribution >= 0.6 is 23.1 Å². The zero-order chi connectivity index (χ0) is 14.7. The molecule has 2 aromatic heterocycles. The first-order valence-corrected chi connectivity index (χ1v) is 8.17. The average molecular weight is 313 g/mol. The van der Waals surface area contributed by atoms with Gasteiger partial charge in [-0.25, -0.2) is 4.98 Å². The molecule has 0 radical (unpaired) electrons. The number of nitrogens with zero attached hydrogens (tertiary/aromatic N) is 2. The Balaban J connectivity index is 2.00. The number of thiophene rings is 1. The van der Waals surface area contributed by atoms with Crippen molar-refractivity contribution in [2.24, 2.45) is 0 Å². The van der Waals surface area contributed by atoms with Crippen molar-refractivity contribution in [3.05, 3.63) is 46.8 Å². The van der Waals surface area contributed by atoms with E-state index in [1.807, 2.05) is 36.4 Å². The second-order valence-corrected chi connectivity index (χ2v) is 6.44. The van der Waals surface area contributed by atoms with Crippen molar-refractivity contribution in [1.29, 1.82) is 5.26 Å². The van der Waals surface area contributed by atoms with Crippen LogP contribution in [0.5, 0.6) is 0 Å². The van der Waals surface area contributed by atoms with Gasteiger partial charge in [-0.2, -0.15) is 5.26 Å². The van der Waals surface area contributed by atoms with Gasteiger partial charge in [0, 0.05) is 17.1 Å². The van der Waals surface area contributed by atoms with Crippen LogP contribution in [-0.2, 0) is 0 Å². The summed E-state index contributed by atoms with van der Waals surface area (Å²) in [5, 5.41) is 9.73. The molecule has 0 fully saturated rings. The third kappa shape index (κ3) is 2.99. The van der Waals surface area contributed by atoms with Crippen LogP contribution in [0.25, 0.3) is 20.7 Å². The molecule has 0 amide bonds. The van der Waals surface area contributed by atoms with E-state index in [1.165, 1.54) is 23.1 Å². The van der Waals surface area contributed by atoms with Crippen LogP contribution in [0.1, 0.15) is 6.42 Å². The van der Waals surface area contributed by atoms with Crippen LogP contribution in [0.4, 0.5) is 0 Å². The van der Waals surface area contributed by atoms with Crippen LogP contribution in [0, 0.1) is 11.3 Å². The van der Waals surface area contributed by atoms with Gasteiger partial charge in [0.2, 0.25) is 0 Å². The molecule has 2 heterocycles. The number of fused-ring (bicyclic) bond motifs is 1. The van der Waals surface area contributed by atoms with Crippen LogP contribution in [0.2, 0.25) is 0 Å². The minimum atomic E-state index is -0.127. The molecule has 104 valence electrons. The molecule has 1 aromatic carbocycles. The van der Waals surface area contributed by atoms with Crippen molar-refractivity contribution >= 4 is 33.3 Å². The van der Waals surface area contributed by atoms with Gasteiger partial charge in [-0.1, -0.05) is 42.1 Å². The monoisotopic (exact) mass is 313 g/mol. The summed E-state index contributed by atoms with van der Waals surface area (Å²) in [6.45, 7) is 0. The van der Waals surface area contributed by atoms with E-state index in [2.05, 4.69) is 16.0 Å². The zero-order valence-electron chi connectivity index (χ0n) is 11.0. The largest absolute Gasteiger partial charge is 0.301 e. The molecule has 1 N–H and O–H groups in total. The molecule has 3 rings (SSSR count). The highest BCUT2D eigenvalue weighted by atomic mass is 32.2. The molecule has 0 aliphatic carbocycles. The van der Waals surface area contributed by atoms with Crippen LogP contribution in [-0.4, -0.2) is 15.7 Å². The van der Waals surface area contributed by atoms with E-state index >= 15 is 0 Å². The van der Waals surface area contributed by atoms with Crippen molar-refractivity contribution in [2.45, 2.75) is 11.6 Å². The molecule has 21 heavy (non-hydrogen) atoms. The Labute approximate surface area is 129 Å².